The van der Waals surface area contributed by atoms with Gasteiger partial charge in [0.05, 0.1) is 0 Å². The Labute approximate surface area is 113 Å². The number of pyridine rings is 1. The number of hydrogen-bond donors (Lipinski definition) is 2. The molecule has 0 radical (unpaired) electrons. The van der Waals surface area contributed by atoms with Gasteiger partial charge in [-0.1, -0.05) is 0 Å². The minimum Gasteiger partial charge on any atom is -0.477 e. The lowest BCUT2D eigenvalue weighted by molar-refractivity contribution is -0.132. The standard InChI is InChI=1S/C10H7BrF3N3O2/c11-5-1-2-8(16-4-5)17-7(10(12,13)14)3-6(15)9(18)19/h1-4H,15H2,(H,18,19)/b6-3-,17-7?. The minimum atomic E-state index is -4.84. The summed E-state index contributed by atoms with van der Waals surface area (Å²) in [6.45, 7) is 0. The van der Waals surface area contributed by atoms with E-state index in [4.69, 9.17) is 10.8 Å². The zero-order chi connectivity index (χ0) is 14.6. The molecule has 102 valence electrons. The van der Waals surface area contributed by atoms with Gasteiger partial charge in [-0.15, -0.1) is 0 Å². The number of aliphatic imine (C=N–C) groups is 1. The molecule has 0 saturated carbocycles. The molecule has 0 bridgehead atoms. The van der Waals surface area contributed by atoms with Crippen molar-refractivity contribution in [3.8, 4) is 0 Å². The van der Waals surface area contributed by atoms with Crippen LogP contribution in [0, 0.1) is 0 Å². The summed E-state index contributed by atoms with van der Waals surface area (Å²) < 4.78 is 38.5. The molecule has 0 aromatic carbocycles. The number of halogens is 4. The second-order valence-corrected chi connectivity index (χ2v) is 4.15. The molecule has 0 atom stereocenters. The van der Waals surface area contributed by atoms with Crippen molar-refractivity contribution in [3.63, 3.8) is 0 Å². The van der Waals surface area contributed by atoms with Gasteiger partial charge in [0, 0.05) is 10.7 Å². The summed E-state index contributed by atoms with van der Waals surface area (Å²) in [5.41, 5.74) is 2.54. The van der Waals surface area contributed by atoms with Crippen LogP contribution in [-0.2, 0) is 4.79 Å². The zero-order valence-corrected chi connectivity index (χ0v) is 10.7. The Kier molecular flexibility index (Phi) is 4.65. The number of hydrogen-bond acceptors (Lipinski definition) is 4. The van der Waals surface area contributed by atoms with E-state index in [1.54, 1.807) is 0 Å². The molecule has 1 heterocycles. The van der Waals surface area contributed by atoms with Crippen LogP contribution in [-0.4, -0.2) is 27.9 Å². The lowest BCUT2D eigenvalue weighted by Crippen LogP contribution is -2.23. The van der Waals surface area contributed by atoms with Gasteiger partial charge in [-0.2, -0.15) is 13.2 Å². The van der Waals surface area contributed by atoms with Gasteiger partial charge in [-0.25, -0.2) is 14.8 Å². The number of allylic oxidation sites excluding steroid dienone is 1. The number of alkyl halides is 3. The monoisotopic (exact) mass is 337 g/mol. The van der Waals surface area contributed by atoms with Gasteiger partial charge < -0.3 is 10.8 Å². The van der Waals surface area contributed by atoms with Crippen LogP contribution in [0.15, 0.2) is 39.6 Å². The van der Waals surface area contributed by atoms with E-state index in [1.165, 1.54) is 18.3 Å². The van der Waals surface area contributed by atoms with Gasteiger partial charge >= 0.3 is 12.1 Å². The van der Waals surface area contributed by atoms with E-state index in [0.717, 1.165) is 0 Å². The fourth-order valence-corrected chi connectivity index (χ4v) is 1.18. The van der Waals surface area contributed by atoms with Crippen molar-refractivity contribution in [2.24, 2.45) is 10.7 Å². The van der Waals surface area contributed by atoms with E-state index in [9.17, 15) is 18.0 Å². The van der Waals surface area contributed by atoms with Gasteiger partial charge in [0.1, 0.15) is 11.4 Å². The molecule has 1 aromatic heterocycles. The van der Waals surface area contributed by atoms with Crippen molar-refractivity contribution in [1.82, 2.24) is 4.98 Å². The summed E-state index contributed by atoms with van der Waals surface area (Å²) in [6.07, 6.45) is -3.34. The first kappa shape index (κ1) is 15.2. The summed E-state index contributed by atoms with van der Waals surface area (Å²) in [6, 6.07) is 2.69. The Morgan fingerprint density at radius 2 is 2.11 bits per heavy atom. The summed E-state index contributed by atoms with van der Waals surface area (Å²) in [4.78, 5) is 17.3. The SMILES string of the molecule is N/C(=C\C(=Nc1ccc(Br)cn1)C(F)(F)F)C(=O)O. The molecule has 0 fully saturated rings. The molecule has 3 N–H and O–H groups in total. The van der Waals surface area contributed by atoms with Crippen LogP contribution in [0.2, 0.25) is 0 Å². The number of carboxylic acids is 1. The quantitative estimate of drug-likeness (QED) is 0.654. The molecule has 5 nitrogen and oxygen atoms in total. The Bertz CT molecular complexity index is 538. The molecule has 0 unspecified atom stereocenters. The van der Waals surface area contributed by atoms with Crippen molar-refractivity contribution in [1.29, 1.82) is 0 Å². The lowest BCUT2D eigenvalue weighted by Gasteiger charge is -2.07. The largest absolute Gasteiger partial charge is 0.477 e. The lowest BCUT2D eigenvalue weighted by atomic mass is 10.3. The van der Waals surface area contributed by atoms with E-state index in [1.807, 2.05) is 0 Å². The normalized spacial score (nSPS) is 13.5. The van der Waals surface area contributed by atoms with Gasteiger partial charge in [0.15, 0.2) is 5.82 Å². The van der Waals surface area contributed by atoms with Crippen LogP contribution in [0.3, 0.4) is 0 Å². The van der Waals surface area contributed by atoms with Crippen LogP contribution in [0.1, 0.15) is 0 Å². The zero-order valence-electron chi connectivity index (χ0n) is 9.15. The van der Waals surface area contributed by atoms with Crippen molar-refractivity contribution in [2.75, 3.05) is 0 Å². The van der Waals surface area contributed by atoms with E-state index >= 15 is 0 Å². The number of nitrogens with two attached hydrogens (primary N) is 1. The first-order chi connectivity index (χ1) is 8.70. The second-order valence-electron chi connectivity index (χ2n) is 3.23. The van der Waals surface area contributed by atoms with E-state index in [2.05, 4.69) is 25.9 Å². The van der Waals surface area contributed by atoms with Gasteiger partial charge in [-0.05, 0) is 34.1 Å². The third-order valence-corrected chi connectivity index (χ3v) is 2.25. The molecular weight excluding hydrogens is 331 g/mol. The number of carboxylic acid groups (broad SMARTS) is 1. The van der Waals surface area contributed by atoms with Crippen molar-refractivity contribution >= 4 is 33.4 Å². The number of aliphatic carboxylic acids is 1. The Balaban J connectivity index is 3.22. The van der Waals surface area contributed by atoms with Crippen LogP contribution >= 0.6 is 15.9 Å². The predicted molar refractivity (Wildman–Crippen MR) is 65.0 cm³/mol. The fraction of sp³-hybridized carbons (Fsp3) is 0.100. The van der Waals surface area contributed by atoms with E-state index in [-0.39, 0.29) is 11.9 Å². The highest BCUT2D eigenvalue weighted by molar-refractivity contribution is 9.10. The smallest absolute Gasteiger partial charge is 0.433 e. The molecule has 0 aliphatic rings. The maximum Gasteiger partial charge on any atom is 0.433 e. The Morgan fingerprint density at radius 3 is 2.53 bits per heavy atom. The fourth-order valence-electron chi connectivity index (χ4n) is 0.944. The number of aromatic nitrogens is 1. The third-order valence-electron chi connectivity index (χ3n) is 1.78. The summed E-state index contributed by atoms with van der Waals surface area (Å²) in [5.74, 6) is -1.88. The summed E-state index contributed by atoms with van der Waals surface area (Å²) in [5, 5.41) is 8.46. The number of carbonyl (C=O) groups is 1. The van der Waals surface area contributed by atoms with Crippen LogP contribution in [0.4, 0.5) is 19.0 Å². The first-order valence-corrected chi connectivity index (χ1v) is 5.47. The second kappa shape index (κ2) is 5.83. The molecule has 0 aliphatic heterocycles. The van der Waals surface area contributed by atoms with Gasteiger partial charge in [0.25, 0.3) is 0 Å². The molecular formula is C10H7BrF3N3O2. The number of nitrogens with zero attached hydrogens (tertiary/aromatic N) is 2. The summed E-state index contributed by atoms with van der Waals surface area (Å²) >= 11 is 3.07. The molecule has 0 aliphatic carbocycles. The summed E-state index contributed by atoms with van der Waals surface area (Å²) in [7, 11) is 0. The van der Waals surface area contributed by atoms with Crippen molar-refractivity contribution < 1.29 is 23.1 Å². The van der Waals surface area contributed by atoms with Crippen LogP contribution < -0.4 is 5.73 Å². The molecule has 0 spiro atoms. The topological polar surface area (TPSA) is 88.6 Å². The maximum atomic E-state index is 12.6. The average molecular weight is 338 g/mol. The van der Waals surface area contributed by atoms with Crippen LogP contribution in [0.5, 0.6) is 0 Å². The molecule has 19 heavy (non-hydrogen) atoms. The van der Waals surface area contributed by atoms with Gasteiger partial charge in [-0.3, -0.25) is 0 Å². The Morgan fingerprint density at radius 1 is 1.47 bits per heavy atom. The predicted octanol–water partition coefficient (Wildman–Crippen LogP) is 2.41. The van der Waals surface area contributed by atoms with Crippen LogP contribution in [0.25, 0.3) is 0 Å². The van der Waals surface area contributed by atoms with Gasteiger partial charge in [0.2, 0.25) is 0 Å². The molecule has 9 heteroatoms. The highest BCUT2D eigenvalue weighted by Crippen LogP contribution is 2.22. The molecule has 0 amide bonds. The average Bonchev–Trinajstić information content (AvgIpc) is 2.29. The molecule has 0 saturated heterocycles. The minimum absolute atomic E-state index is 0.218. The highest BCUT2D eigenvalue weighted by Gasteiger charge is 2.35. The van der Waals surface area contributed by atoms with E-state index < -0.39 is 23.6 Å². The maximum absolute atomic E-state index is 12.6. The van der Waals surface area contributed by atoms with Crippen molar-refractivity contribution in [3.05, 3.63) is 34.6 Å². The van der Waals surface area contributed by atoms with Crippen molar-refractivity contribution in [2.45, 2.75) is 6.18 Å². The molecule has 1 rings (SSSR count). The Hall–Kier alpha value is -1.90. The first-order valence-electron chi connectivity index (χ1n) is 4.68. The third kappa shape index (κ3) is 4.70. The molecule has 1 aromatic rings. The van der Waals surface area contributed by atoms with E-state index in [0.29, 0.717) is 4.47 Å². The highest BCUT2D eigenvalue weighted by atomic mass is 79.9. The number of rotatable bonds is 3.